The number of methoxy groups -OCH3 is 1. The molecule has 0 radical (unpaired) electrons. The van der Waals surface area contributed by atoms with Gasteiger partial charge in [0, 0.05) is 19.3 Å². The fraction of sp³-hybridized carbons (Fsp3) is 0.429. The van der Waals surface area contributed by atoms with Gasteiger partial charge in [-0.15, -0.1) is 0 Å². The molecule has 3 aromatic rings. The van der Waals surface area contributed by atoms with Crippen molar-refractivity contribution in [3.8, 4) is 11.6 Å². The van der Waals surface area contributed by atoms with Crippen LogP contribution in [0.5, 0.6) is 11.6 Å². The number of rotatable bonds is 7. The summed E-state index contributed by atoms with van der Waals surface area (Å²) in [5.41, 5.74) is 0.392. The maximum atomic E-state index is 13.9. The maximum Gasteiger partial charge on any atom is 0.422 e. The lowest BCUT2D eigenvalue weighted by Gasteiger charge is -2.36. The summed E-state index contributed by atoms with van der Waals surface area (Å²) >= 11 is 0. The molecule has 14 heteroatoms. The molecule has 0 unspecified atom stereocenters. The summed E-state index contributed by atoms with van der Waals surface area (Å²) in [5, 5.41) is 3.02. The fourth-order valence-corrected chi connectivity index (χ4v) is 3.77. The van der Waals surface area contributed by atoms with E-state index in [1.54, 1.807) is 0 Å². The van der Waals surface area contributed by atoms with E-state index in [-0.39, 0.29) is 66.2 Å². The van der Waals surface area contributed by atoms with Crippen molar-refractivity contribution in [1.82, 2.24) is 19.9 Å². The Morgan fingerprint density at radius 2 is 1.86 bits per heavy atom. The van der Waals surface area contributed by atoms with Gasteiger partial charge in [0.15, 0.2) is 6.61 Å². The third-order valence-electron chi connectivity index (χ3n) is 5.26. The SMILES string of the molecule is COc1cc([C@H](N2CCOCC2)C(F)(F)F)ccc1Nc1nc(OCC(F)(F)F)c2cc[nH]c2n1. The predicted molar refractivity (Wildman–Crippen MR) is 113 cm³/mol. The first kappa shape index (κ1) is 24.9. The van der Waals surface area contributed by atoms with Crippen LogP contribution in [0.1, 0.15) is 11.6 Å². The molecule has 4 rings (SSSR count). The van der Waals surface area contributed by atoms with Crippen LogP contribution in [0.4, 0.5) is 38.0 Å². The number of aromatic nitrogens is 3. The first-order valence-corrected chi connectivity index (χ1v) is 10.4. The monoisotopic (exact) mass is 505 g/mol. The second-order valence-electron chi connectivity index (χ2n) is 7.67. The molecule has 1 aromatic carbocycles. The Morgan fingerprint density at radius 3 is 2.51 bits per heavy atom. The Morgan fingerprint density at radius 1 is 1.11 bits per heavy atom. The van der Waals surface area contributed by atoms with Gasteiger partial charge in [0.2, 0.25) is 11.8 Å². The minimum atomic E-state index is -4.57. The third-order valence-corrected chi connectivity index (χ3v) is 5.26. The molecule has 2 aromatic heterocycles. The van der Waals surface area contributed by atoms with Crippen molar-refractivity contribution in [1.29, 1.82) is 0 Å². The quantitative estimate of drug-likeness (QED) is 0.455. The summed E-state index contributed by atoms with van der Waals surface area (Å²) in [6.45, 7) is -0.919. The largest absolute Gasteiger partial charge is 0.495 e. The lowest BCUT2D eigenvalue weighted by Crippen LogP contribution is -2.44. The van der Waals surface area contributed by atoms with Crippen LogP contribution >= 0.6 is 0 Å². The van der Waals surface area contributed by atoms with Gasteiger partial charge in [0.1, 0.15) is 17.4 Å². The van der Waals surface area contributed by atoms with Crippen molar-refractivity contribution in [3.63, 3.8) is 0 Å². The molecule has 0 amide bonds. The van der Waals surface area contributed by atoms with E-state index in [4.69, 9.17) is 14.2 Å². The van der Waals surface area contributed by atoms with Crippen LogP contribution < -0.4 is 14.8 Å². The number of hydrogen-bond acceptors (Lipinski definition) is 7. The van der Waals surface area contributed by atoms with Crippen molar-refractivity contribution in [2.45, 2.75) is 18.4 Å². The van der Waals surface area contributed by atoms with Gasteiger partial charge in [-0.05, 0) is 23.8 Å². The summed E-state index contributed by atoms with van der Waals surface area (Å²) in [4.78, 5) is 12.2. The average Bonchev–Trinajstić information content (AvgIpc) is 3.26. The smallest absolute Gasteiger partial charge is 0.422 e. The minimum Gasteiger partial charge on any atom is -0.495 e. The van der Waals surface area contributed by atoms with Crippen LogP contribution in [0.3, 0.4) is 0 Å². The zero-order valence-electron chi connectivity index (χ0n) is 18.3. The lowest BCUT2D eigenvalue weighted by atomic mass is 10.0. The van der Waals surface area contributed by atoms with Gasteiger partial charge >= 0.3 is 12.4 Å². The number of aromatic amines is 1. The van der Waals surface area contributed by atoms with Crippen LogP contribution in [-0.2, 0) is 4.74 Å². The molecule has 1 saturated heterocycles. The summed E-state index contributed by atoms with van der Waals surface area (Å²) in [6, 6.07) is 3.52. The molecule has 1 atom stereocenters. The van der Waals surface area contributed by atoms with Crippen molar-refractivity contribution < 1.29 is 40.6 Å². The molecule has 1 fully saturated rings. The Labute approximate surface area is 195 Å². The predicted octanol–water partition coefficient (Wildman–Crippen LogP) is 4.59. The molecule has 3 heterocycles. The highest BCUT2D eigenvalue weighted by atomic mass is 19.4. The number of H-pyrrole nitrogens is 1. The Bertz CT molecular complexity index is 1160. The second kappa shape index (κ2) is 9.77. The second-order valence-corrected chi connectivity index (χ2v) is 7.67. The van der Waals surface area contributed by atoms with E-state index in [2.05, 4.69) is 20.3 Å². The van der Waals surface area contributed by atoms with Crippen molar-refractivity contribution in [2.75, 3.05) is 45.3 Å². The molecule has 0 spiro atoms. The van der Waals surface area contributed by atoms with E-state index in [1.807, 2.05) is 0 Å². The summed E-state index contributed by atoms with van der Waals surface area (Å²) in [6.07, 6.45) is -7.65. The zero-order chi connectivity index (χ0) is 25.2. The van der Waals surface area contributed by atoms with Crippen LogP contribution in [-0.4, -0.2) is 72.2 Å². The highest BCUT2D eigenvalue weighted by Crippen LogP contribution is 2.41. The number of alkyl halides is 6. The van der Waals surface area contributed by atoms with Gasteiger partial charge < -0.3 is 24.5 Å². The van der Waals surface area contributed by atoms with Gasteiger partial charge in [-0.25, -0.2) is 0 Å². The van der Waals surface area contributed by atoms with Gasteiger partial charge in [-0.1, -0.05) is 6.07 Å². The molecule has 190 valence electrons. The number of halogens is 6. The van der Waals surface area contributed by atoms with Crippen LogP contribution in [0.15, 0.2) is 30.5 Å². The van der Waals surface area contributed by atoms with Crippen LogP contribution in [0.25, 0.3) is 11.0 Å². The summed E-state index contributed by atoms with van der Waals surface area (Å²) in [7, 11) is 1.29. The molecular formula is C21H21F6N5O3. The van der Waals surface area contributed by atoms with E-state index in [9.17, 15) is 26.3 Å². The van der Waals surface area contributed by atoms with E-state index < -0.39 is 25.0 Å². The molecule has 1 aliphatic heterocycles. The lowest BCUT2D eigenvalue weighted by molar-refractivity contribution is -0.194. The molecular weight excluding hydrogens is 484 g/mol. The Balaban J connectivity index is 1.63. The maximum absolute atomic E-state index is 13.9. The molecule has 1 aliphatic rings. The molecule has 8 nitrogen and oxygen atoms in total. The van der Waals surface area contributed by atoms with E-state index in [1.165, 1.54) is 42.5 Å². The summed E-state index contributed by atoms with van der Waals surface area (Å²) in [5.74, 6) is -0.377. The van der Waals surface area contributed by atoms with Crippen LogP contribution in [0.2, 0.25) is 0 Å². The fourth-order valence-electron chi connectivity index (χ4n) is 3.77. The molecule has 2 N–H and O–H groups in total. The zero-order valence-corrected chi connectivity index (χ0v) is 18.3. The van der Waals surface area contributed by atoms with Crippen molar-refractivity contribution in [2.24, 2.45) is 0 Å². The van der Waals surface area contributed by atoms with E-state index >= 15 is 0 Å². The van der Waals surface area contributed by atoms with Gasteiger partial charge in [-0.3, -0.25) is 4.90 Å². The third kappa shape index (κ3) is 5.88. The normalized spacial score (nSPS) is 16.3. The van der Waals surface area contributed by atoms with Gasteiger partial charge in [-0.2, -0.15) is 36.3 Å². The number of hydrogen-bond donors (Lipinski definition) is 2. The molecule has 0 aliphatic carbocycles. The van der Waals surface area contributed by atoms with Crippen molar-refractivity contribution in [3.05, 3.63) is 36.0 Å². The van der Waals surface area contributed by atoms with Gasteiger partial charge in [0.05, 0.1) is 31.4 Å². The standard InChI is InChI=1S/C21H21F6N5O3/c1-33-15-10-12(16(21(25,26)27)32-6-8-34-9-7-32)2-3-14(15)29-19-30-17-13(4-5-28-17)18(31-19)35-11-20(22,23)24/h2-5,10,16H,6-9,11H2,1H3,(H2,28,29,30,31)/t16-/m0/s1. The van der Waals surface area contributed by atoms with Gasteiger partial charge in [0.25, 0.3) is 0 Å². The van der Waals surface area contributed by atoms with E-state index in [0.29, 0.717) is 0 Å². The first-order chi connectivity index (χ1) is 16.5. The molecule has 35 heavy (non-hydrogen) atoms. The molecule has 0 saturated carbocycles. The highest BCUT2D eigenvalue weighted by Gasteiger charge is 2.45. The summed E-state index contributed by atoms with van der Waals surface area (Å²) < 4.78 is 95.0. The highest BCUT2D eigenvalue weighted by molar-refractivity contribution is 5.82. The number of fused-ring (bicyclic) bond motifs is 1. The number of nitrogens with one attached hydrogen (secondary N) is 2. The number of anilines is 2. The minimum absolute atomic E-state index is 0.0308. The number of ether oxygens (including phenoxy) is 3. The topological polar surface area (TPSA) is 84.5 Å². The van der Waals surface area contributed by atoms with Crippen LogP contribution in [0, 0.1) is 0 Å². The Hall–Kier alpha value is -3.26. The van der Waals surface area contributed by atoms with E-state index in [0.717, 1.165) is 0 Å². The number of benzene rings is 1. The Kier molecular flexibility index (Phi) is 6.94. The van der Waals surface area contributed by atoms with Crippen molar-refractivity contribution >= 4 is 22.7 Å². The molecule has 0 bridgehead atoms. The first-order valence-electron chi connectivity index (χ1n) is 10.4. The average molecular weight is 505 g/mol. The number of morpholine rings is 1. The number of nitrogens with zero attached hydrogens (tertiary/aromatic N) is 3.